The third kappa shape index (κ3) is 3.38. The Labute approximate surface area is 176 Å². The van der Waals surface area contributed by atoms with Crippen LogP contribution in [0.4, 0.5) is 5.69 Å². The van der Waals surface area contributed by atoms with E-state index in [2.05, 4.69) is 33.1 Å². The van der Waals surface area contributed by atoms with Gasteiger partial charge in [0.15, 0.2) is 11.2 Å². The van der Waals surface area contributed by atoms with E-state index in [1.54, 1.807) is 13.2 Å². The number of ether oxygens (including phenoxy) is 1. The molecule has 2 N–H and O–H groups in total. The van der Waals surface area contributed by atoms with Crippen molar-refractivity contribution in [3.8, 4) is 5.75 Å². The van der Waals surface area contributed by atoms with Gasteiger partial charge in [0.25, 0.3) is 5.91 Å². The largest absolute Gasteiger partial charge is 0.497 e. The fraction of sp³-hybridized carbons (Fsp3) is 0.200. The van der Waals surface area contributed by atoms with E-state index in [-0.39, 0.29) is 12.1 Å². The van der Waals surface area contributed by atoms with Crippen molar-refractivity contribution >= 4 is 44.5 Å². The van der Waals surface area contributed by atoms with Gasteiger partial charge in [-0.2, -0.15) is 0 Å². The van der Waals surface area contributed by atoms with Crippen LogP contribution >= 0.6 is 27.7 Å². The molecule has 0 aliphatic carbocycles. The maximum absolute atomic E-state index is 13.0. The Balaban J connectivity index is 1.84. The molecule has 2 heterocycles. The Kier molecular flexibility index (Phi) is 5.32. The molecule has 0 saturated heterocycles. The van der Waals surface area contributed by atoms with Gasteiger partial charge in [0, 0.05) is 27.0 Å². The summed E-state index contributed by atoms with van der Waals surface area (Å²) >= 11 is 5.08. The van der Waals surface area contributed by atoms with E-state index >= 15 is 0 Å². The number of halogens is 1. The molecule has 8 heteroatoms. The molecule has 144 valence electrons. The molecule has 1 amide bonds. The number of hydrogen-bond acceptors (Lipinski definition) is 6. The molecule has 28 heavy (non-hydrogen) atoms. The Bertz CT molecular complexity index is 965. The lowest BCUT2D eigenvalue weighted by atomic mass is 9.97. The fourth-order valence-electron chi connectivity index (χ4n) is 3.33. The summed E-state index contributed by atoms with van der Waals surface area (Å²) in [5.41, 5.74) is 2.74. The average Bonchev–Trinajstić information content (AvgIpc) is 2.72. The molecule has 2 atom stereocenters. The van der Waals surface area contributed by atoms with Gasteiger partial charge in [-0.1, -0.05) is 52.0 Å². The van der Waals surface area contributed by atoms with Crippen LogP contribution in [0.2, 0.25) is 0 Å². The number of hydrazone groups is 1. The van der Waals surface area contributed by atoms with E-state index in [1.165, 1.54) is 11.8 Å². The Morgan fingerprint density at radius 2 is 2.14 bits per heavy atom. The Hall–Kier alpha value is -2.45. The summed E-state index contributed by atoms with van der Waals surface area (Å²) in [6.45, 7) is 3.73. The number of methoxy groups -OCH3 is 1. The fourth-order valence-corrected chi connectivity index (χ4v) is 4.40. The highest BCUT2D eigenvalue weighted by Crippen LogP contribution is 2.44. The number of benzene rings is 2. The molecule has 0 bridgehead atoms. The number of amides is 1. The van der Waals surface area contributed by atoms with Gasteiger partial charge in [-0.05, 0) is 24.3 Å². The number of carbonyl (C=O) groups excluding carboxylic acids is 1. The minimum Gasteiger partial charge on any atom is -0.497 e. The standard InChI is InChI=1S/C20H19BrN4O2S/c1-3-10-28-20-23-19(26)17-13-6-4-5-7-16(13)22-18(25(17)24-20)14-11-12(27-2)8-9-15(14)21/h3-9,11,17-18,22H,1,10H2,2H3,(H,23,24,26)/t17-,18-/m0/s1. The van der Waals surface area contributed by atoms with Crippen LogP contribution in [-0.2, 0) is 4.79 Å². The molecular weight excluding hydrogens is 440 g/mol. The molecule has 2 aromatic rings. The molecule has 0 saturated carbocycles. The summed E-state index contributed by atoms with van der Waals surface area (Å²) in [5, 5.41) is 13.6. The van der Waals surface area contributed by atoms with Gasteiger partial charge >= 0.3 is 0 Å². The SMILES string of the molecule is C=CCSC1=NN2[C@@H](c3cc(OC)ccc3Br)Nc3ccccc3[C@H]2C(=O)N1. The van der Waals surface area contributed by atoms with E-state index in [1.807, 2.05) is 47.5 Å². The van der Waals surface area contributed by atoms with E-state index in [0.29, 0.717) is 10.9 Å². The lowest BCUT2D eigenvalue weighted by Crippen LogP contribution is -2.51. The molecule has 2 aromatic carbocycles. The van der Waals surface area contributed by atoms with Crippen LogP contribution in [0.15, 0.2) is 64.7 Å². The maximum atomic E-state index is 13.0. The molecule has 0 unspecified atom stereocenters. The van der Waals surface area contributed by atoms with E-state index < -0.39 is 6.04 Å². The summed E-state index contributed by atoms with van der Waals surface area (Å²) in [6.07, 6.45) is 1.44. The van der Waals surface area contributed by atoms with Gasteiger partial charge < -0.3 is 15.4 Å². The third-order valence-corrected chi connectivity index (χ3v) is 6.18. The van der Waals surface area contributed by atoms with Crippen molar-refractivity contribution < 1.29 is 9.53 Å². The van der Waals surface area contributed by atoms with Gasteiger partial charge in [0.1, 0.15) is 11.9 Å². The number of rotatable bonds is 4. The summed E-state index contributed by atoms with van der Waals surface area (Å²) < 4.78 is 6.31. The van der Waals surface area contributed by atoms with E-state index in [4.69, 9.17) is 9.84 Å². The van der Waals surface area contributed by atoms with Gasteiger partial charge in [-0.3, -0.25) is 9.80 Å². The van der Waals surface area contributed by atoms with Crippen molar-refractivity contribution in [1.29, 1.82) is 0 Å². The van der Waals surface area contributed by atoms with Crippen LogP contribution in [0.5, 0.6) is 5.75 Å². The molecule has 2 aliphatic rings. The normalized spacial score (nSPS) is 20.3. The van der Waals surface area contributed by atoms with Gasteiger partial charge in [0.05, 0.1) is 7.11 Å². The third-order valence-electron chi connectivity index (χ3n) is 4.60. The Morgan fingerprint density at radius 3 is 2.93 bits per heavy atom. The van der Waals surface area contributed by atoms with Crippen molar-refractivity contribution in [3.05, 3.63) is 70.7 Å². The van der Waals surface area contributed by atoms with E-state index in [0.717, 1.165) is 27.0 Å². The summed E-state index contributed by atoms with van der Waals surface area (Å²) in [4.78, 5) is 13.0. The predicted molar refractivity (Wildman–Crippen MR) is 116 cm³/mol. The van der Waals surface area contributed by atoms with Crippen molar-refractivity contribution in [3.63, 3.8) is 0 Å². The number of nitrogens with zero attached hydrogens (tertiary/aromatic N) is 2. The molecule has 4 rings (SSSR count). The van der Waals surface area contributed by atoms with Gasteiger partial charge in [-0.25, -0.2) is 0 Å². The van der Waals surface area contributed by atoms with Gasteiger partial charge in [0.2, 0.25) is 0 Å². The second kappa shape index (κ2) is 7.89. The lowest BCUT2D eigenvalue weighted by Gasteiger charge is -2.44. The first-order chi connectivity index (χ1) is 13.6. The monoisotopic (exact) mass is 458 g/mol. The number of hydrogen-bond donors (Lipinski definition) is 2. The van der Waals surface area contributed by atoms with Crippen molar-refractivity contribution in [2.45, 2.75) is 12.2 Å². The molecule has 6 nitrogen and oxygen atoms in total. The number of nitrogens with one attached hydrogen (secondary N) is 2. The molecule has 0 aromatic heterocycles. The first-order valence-corrected chi connectivity index (χ1v) is 10.5. The summed E-state index contributed by atoms with van der Waals surface area (Å²) in [6, 6.07) is 13.1. The smallest absolute Gasteiger partial charge is 0.255 e. The van der Waals surface area contributed by atoms with Crippen LogP contribution < -0.4 is 15.4 Å². The molecule has 0 fully saturated rings. The predicted octanol–water partition coefficient (Wildman–Crippen LogP) is 4.25. The molecule has 0 spiro atoms. The maximum Gasteiger partial charge on any atom is 0.255 e. The van der Waals surface area contributed by atoms with E-state index in [9.17, 15) is 4.79 Å². The highest BCUT2D eigenvalue weighted by atomic mass is 79.9. The molecular formula is C20H19BrN4O2S. The number of thioether (sulfide) groups is 1. The summed E-state index contributed by atoms with van der Waals surface area (Å²) in [7, 11) is 1.63. The first-order valence-electron chi connectivity index (χ1n) is 8.72. The first kappa shape index (κ1) is 18.9. The zero-order chi connectivity index (χ0) is 19.7. The Morgan fingerprint density at radius 1 is 1.32 bits per heavy atom. The highest BCUT2D eigenvalue weighted by Gasteiger charge is 2.42. The van der Waals surface area contributed by atoms with Gasteiger partial charge in [-0.15, -0.1) is 11.7 Å². The minimum atomic E-state index is -0.520. The summed E-state index contributed by atoms with van der Waals surface area (Å²) in [5.74, 6) is 1.30. The van der Waals surface area contributed by atoms with Crippen molar-refractivity contribution in [2.24, 2.45) is 5.10 Å². The zero-order valence-corrected chi connectivity index (χ0v) is 17.6. The second-order valence-electron chi connectivity index (χ2n) is 6.30. The topological polar surface area (TPSA) is 66.0 Å². The molecule has 2 aliphatic heterocycles. The quantitative estimate of drug-likeness (QED) is 0.670. The van der Waals surface area contributed by atoms with Crippen LogP contribution in [0.3, 0.4) is 0 Å². The number of anilines is 1. The van der Waals surface area contributed by atoms with Crippen molar-refractivity contribution in [1.82, 2.24) is 10.3 Å². The highest BCUT2D eigenvalue weighted by molar-refractivity contribution is 9.10. The number of para-hydroxylation sites is 1. The molecule has 0 radical (unpaired) electrons. The van der Waals surface area contributed by atoms with Crippen LogP contribution in [0, 0.1) is 0 Å². The van der Waals surface area contributed by atoms with Crippen LogP contribution in [-0.4, -0.2) is 28.9 Å². The number of fused-ring (bicyclic) bond motifs is 3. The van der Waals surface area contributed by atoms with Crippen molar-refractivity contribution in [2.75, 3.05) is 18.2 Å². The lowest BCUT2D eigenvalue weighted by molar-refractivity contribution is -0.127. The van der Waals surface area contributed by atoms with Crippen LogP contribution in [0.1, 0.15) is 23.3 Å². The minimum absolute atomic E-state index is 0.0977. The average molecular weight is 459 g/mol. The number of carbonyl (C=O) groups is 1. The zero-order valence-electron chi connectivity index (χ0n) is 15.2. The number of amidine groups is 1. The second-order valence-corrected chi connectivity index (χ2v) is 8.16. The van der Waals surface area contributed by atoms with Crippen LogP contribution in [0.25, 0.3) is 0 Å².